The lowest BCUT2D eigenvalue weighted by atomic mass is 9.99. The summed E-state index contributed by atoms with van der Waals surface area (Å²) in [7, 11) is 3.25. The summed E-state index contributed by atoms with van der Waals surface area (Å²) in [6.45, 7) is 1.96. The Hall–Kier alpha value is -1.19. The van der Waals surface area contributed by atoms with Crippen molar-refractivity contribution in [3.05, 3.63) is 34.9 Å². The Morgan fingerprint density at radius 1 is 1.33 bits per heavy atom. The van der Waals surface area contributed by atoms with Crippen LogP contribution in [0.5, 0.6) is 0 Å². The molecule has 0 atom stereocenters. The van der Waals surface area contributed by atoms with Gasteiger partial charge in [0.2, 0.25) is 0 Å². The van der Waals surface area contributed by atoms with E-state index >= 15 is 0 Å². The van der Waals surface area contributed by atoms with Crippen molar-refractivity contribution in [2.45, 2.75) is 13.0 Å². The van der Waals surface area contributed by atoms with Crippen LogP contribution >= 0.6 is 0 Å². The summed E-state index contributed by atoms with van der Waals surface area (Å²) in [4.78, 5) is 10.5. The Bertz CT molecular complexity index is 323. The van der Waals surface area contributed by atoms with Gasteiger partial charge in [0.25, 0.3) is 0 Å². The maximum Gasteiger partial charge on any atom is 0.150 e. The number of benzene rings is 1. The largest absolute Gasteiger partial charge is 0.388 e. The molecule has 0 aliphatic carbocycles. The minimum absolute atomic E-state index is 0.788. The lowest BCUT2D eigenvalue weighted by Gasteiger charge is -2.16. The SMILES string of the molecule is COC.O=Cc1ccc2c(c1)CCNC2. The molecule has 1 aliphatic rings. The third kappa shape index (κ3) is 3.46. The second-order valence-corrected chi connectivity index (χ2v) is 3.48. The predicted octanol–water partition coefficient (Wildman–Crippen LogP) is 1.41. The fraction of sp³-hybridized carbons (Fsp3) is 0.417. The summed E-state index contributed by atoms with van der Waals surface area (Å²) in [6.07, 6.45) is 1.94. The molecular formula is C12H17NO2. The van der Waals surface area contributed by atoms with E-state index in [2.05, 4.69) is 10.1 Å². The fourth-order valence-corrected chi connectivity index (χ4v) is 1.57. The van der Waals surface area contributed by atoms with E-state index in [1.807, 2.05) is 18.2 Å². The van der Waals surface area contributed by atoms with Crippen LogP contribution in [0.25, 0.3) is 0 Å². The number of hydrogen-bond donors (Lipinski definition) is 1. The lowest BCUT2D eigenvalue weighted by molar-refractivity contribution is 0.112. The topological polar surface area (TPSA) is 38.3 Å². The Kier molecular flexibility index (Phi) is 5.01. The molecule has 1 aromatic carbocycles. The summed E-state index contributed by atoms with van der Waals surface area (Å²) in [6, 6.07) is 5.90. The first-order valence-electron chi connectivity index (χ1n) is 4.99. The number of aldehydes is 1. The zero-order valence-corrected chi connectivity index (χ0v) is 9.25. The number of fused-ring (bicyclic) bond motifs is 1. The second kappa shape index (κ2) is 6.32. The first-order chi connectivity index (χ1) is 7.31. The van der Waals surface area contributed by atoms with Gasteiger partial charge in [-0.25, -0.2) is 0 Å². The number of hydrogen-bond acceptors (Lipinski definition) is 3. The fourth-order valence-electron chi connectivity index (χ4n) is 1.57. The van der Waals surface area contributed by atoms with Crippen LogP contribution in [0.4, 0.5) is 0 Å². The summed E-state index contributed by atoms with van der Waals surface area (Å²) < 4.78 is 4.25. The van der Waals surface area contributed by atoms with E-state index in [0.29, 0.717) is 0 Å². The molecule has 0 saturated carbocycles. The number of nitrogens with one attached hydrogen (secondary N) is 1. The molecule has 2 rings (SSSR count). The third-order valence-electron chi connectivity index (χ3n) is 2.25. The van der Waals surface area contributed by atoms with E-state index in [9.17, 15) is 4.79 Å². The summed E-state index contributed by atoms with van der Waals surface area (Å²) in [5.41, 5.74) is 3.43. The van der Waals surface area contributed by atoms with Crippen LogP contribution in [0, 0.1) is 0 Å². The van der Waals surface area contributed by atoms with Crippen molar-refractivity contribution >= 4 is 6.29 Å². The number of ether oxygens (including phenoxy) is 1. The van der Waals surface area contributed by atoms with Crippen molar-refractivity contribution < 1.29 is 9.53 Å². The van der Waals surface area contributed by atoms with Gasteiger partial charge in [0.1, 0.15) is 6.29 Å². The van der Waals surface area contributed by atoms with Gasteiger partial charge in [-0.15, -0.1) is 0 Å². The molecule has 1 aliphatic heterocycles. The molecule has 0 spiro atoms. The Labute approximate surface area is 90.4 Å². The van der Waals surface area contributed by atoms with Crippen molar-refractivity contribution in [1.29, 1.82) is 0 Å². The molecule has 0 saturated heterocycles. The average Bonchev–Trinajstić information content (AvgIpc) is 2.29. The van der Waals surface area contributed by atoms with Crippen molar-refractivity contribution in [1.82, 2.24) is 5.32 Å². The molecule has 0 amide bonds. The van der Waals surface area contributed by atoms with Crippen LogP contribution in [0.15, 0.2) is 18.2 Å². The molecule has 0 bridgehead atoms. The zero-order valence-electron chi connectivity index (χ0n) is 9.25. The predicted molar refractivity (Wildman–Crippen MR) is 60.2 cm³/mol. The molecule has 1 N–H and O–H groups in total. The van der Waals surface area contributed by atoms with Gasteiger partial charge in [0.15, 0.2) is 0 Å². The molecule has 0 aromatic heterocycles. The highest BCUT2D eigenvalue weighted by molar-refractivity contribution is 5.75. The lowest BCUT2D eigenvalue weighted by Crippen LogP contribution is -2.23. The monoisotopic (exact) mass is 207 g/mol. The van der Waals surface area contributed by atoms with Crippen molar-refractivity contribution in [2.75, 3.05) is 20.8 Å². The van der Waals surface area contributed by atoms with Crippen molar-refractivity contribution in [2.24, 2.45) is 0 Å². The third-order valence-corrected chi connectivity index (χ3v) is 2.25. The quantitative estimate of drug-likeness (QED) is 0.707. The van der Waals surface area contributed by atoms with E-state index in [4.69, 9.17) is 0 Å². The van der Waals surface area contributed by atoms with E-state index in [1.54, 1.807) is 14.2 Å². The molecule has 82 valence electrons. The van der Waals surface area contributed by atoms with E-state index in [0.717, 1.165) is 31.4 Å². The molecule has 0 radical (unpaired) electrons. The molecule has 3 nitrogen and oxygen atoms in total. The minimum Gasteiger partial charge on any atom is -0.388 e. The Morgan fingerprint density at radius 3 is 2.73 bits per heavy atom. The second-order valence-electron chi connectivity index (χ2n) is 3.48. The first kappa shape index (κ1) is 11.9. The normalized spacial score (nSPS) is 13.5. The number of methoxy groups -OCH3 is 1. The highest BCUT2D eigenvalue weighted by atomic mass is 16.4. The minimum atomic E-state index is 0.788. The summed E-state index contributed by atoms with van der Waals surface area (Å²) in [5.74, 6) is 0. The summed E-state index contributed by atoms with van der Waals surface area (Å²) >= 11 is 0. The maximum atomic E-state index is 10.5. The van der Waals surface area contributed by atoms with Crippen LogP contribution in [0.2, 0.25) is 0 Å². The highest BCUT2D eigenvalue weighted by Gasteiger charge is 2.07. The average molecular weight is 207 g/mol. The molecular weight excluding hydrogens is 190 g/mol. The number of rotatable bonds is 1. The molecule has 0 unspecified atom stereocenters. The molecule has 3 heteroatoms. The van der Waals surface area contributed by atoms with E-state index in [1.165, 1.54) is 11.1 Å². The van der Waals surface area contributed by atoms with E-state index in [-0.39, 0.29) is 0 Å². The van der Waals surface area contributed by atoms with Gasteiger partial charge in [-0.3, -0.25) is 4.79 Å². The van der Waals surface area contributed by atoms with Gasteiger partial charge in [0.05, 0.1) is 0 Å². The standard InChI is InChI=1S/C10H11NO.C2H6O/c12-7-8-1-2-10-6-11-4-3-9(10)5-8;1-3-2/h1-2,5,7,11H,3-4,6H2;1-2H3. The summed E-state index contributed by atoms with van der Waals surface area (Å²) in [5, 5.41) is 3.29. The first-order valence-corrected chi connectivity index (χ1v) is 4.99. The van der Waals surface area contributed by atoms with Crippen LogP contribution in [0.1, 0.15) is 21.5 Å². The van der Waals surface area contributed by atoms with Crippen LogP contribution in [-0.4, -0.2) is 27.1 Å². The smallest absolute Gasteiger partial charge is 0.150 e. The van der Waals surface area contributed by atoms with Gasteiger partial charge >= 0.3 is 0 Å². The molecule has 0 fully saturated rings. The van der Waals surface area contributed by atoms with Crippen LogP contribution in [-0.2, 0) is 17.7 Å². The Balaban J connectivity index is 0.000000337. The van der Waals surface area contributed by atoms with Gasteiger partial charge < -0.3 is 10.1 Å². The maximum absolute atomic E-state index is 10.5. The Morgan fingerprint density at radius 2 is 2.07 bits per heavy atom. The van der Waals surface area contributed by atoms with E-state index < -0.39 is 0 Å². The zero-order chi connectivity index (χ0) is 11.1. The molecule has 15 heavy (non-hydrogen) atoms. The van der Waals surface area contributed by atoms with Crippen molar-refractivity contribution in [3.63, 3.8) is 0 Å². The van der Waals surface area contributed by atoms with Gasteiger partial charge in [-0.1, -0.05) is 12.1 Å². The number of carbonyl (C=O) groups is 1. The van der Waals surface area contributed by atoms with Gasteiger partial charge in [-0.2, -0.15) is 0 Å². The van der Waals surface area contributed by atoms with Crippen LogP contribution in [0.3, 0.4) is 0 Å². The molecule has 1 aromatic rings. The highest BCUT2D eigenvalue weighted by Crippen LogP contribution is 2.14. The number of carbonyl (C=O) groups excluding carboxylic acids is 1. The van der Waals surface area contributed by atoms with Crippen molar-refractivity contribution in [3.8, 4) is 0 Å². The van der Waals surface area contributed by atoms with Crippen LogP contribution < -0.4 is 5.32 Å². The van der Waals surface area contributed by atoms with Gasteiger partial charge in [-0.05, 0) is 30.2 Å². The van der Waals surface area contributed by atoms with Gasteiger partial charge in [0, 0.05) is 26.3 Å². The molecule has 1 heterocycles.